The van der Waals surface area contributed by atoms with Crippen molar-refractivity contribution in [3.8, 4) is 0 Å². The molecule has 1 aliphatic carbocycles. The number of aryl methyl sites for hydroxylation is 1. The standard InChI is InChI=1S/C11H13BrO/c12-10-6-2-4-8-3-1-5-9(7-13)11(8)10/h2,4,6,9,13H,1,3,5,7H2. The van der Waals surface area contributed by atoms with Crippen LogP contribution in [0.2, 0.25) is 0 Å². The molecule has 1 unspecified atom stereocenters. The Hall–Kier alpha value is -0.340. The molecule has 1 aromatic carbocycles. The van der Waals surface area contributed by atoms with Gasteiger partial charge in [-0.3, -0.25) is 0 Å². The van der Waals surface area contributed by atoms with Gasteiger partial charge in [0.2, 0.25) is 0 Å². The van der Waals surface area contributed by atoms with Crippen molar-refractivity contribution >= 4 is 15.9 Å². The number of hydrogen-bond donors (Lipinski definition) is 1. The lowest BCUT2D eigenvalue weighted by Gasteiger charge is -2.24. The number of benzene rings is 1. The molecule has 0 amide bonds. The highest BCUT2D eigenvalue weighted by Gasteiger charge is 2.21. The number of rotatable bonds is 1. The molecule has 0 saturated heterocycles. The predicted molar refractivity (Wildman–Crippen MR) is 56.9 cm³/mol. The number of halogens is 1. The van der Waals surface area contributed by atoms with E-state index in [4.69, 9.17) is 0 Å². The van der Waals surface area contributed by atoms with Gasteiger partial charge in [-0.05, 0) is 36.5 Å². The van der Waals surface area contributed by atoms with Gasteiger partial charge in [0.25, 0.3) is 0 Å². The zero-order valence-electron chi connectivity index (χ0n) is 7.46. The van der Waals surface area contributed by atoms with Crippen LogP contribution in [0.15, 0.2) is 22.7 Å². The van der Waals surface area contributed by atoms with Crippen molar-refractivity contribution in [1.29, 1.82) is 0 Å². The fraction of sp³-hybridized carbons (Fsp3) is 0.455. The summed E-state index contributed by atoms with van der Waals surface area (Å²) in [6, 6.07) is 6.30. The molecule has 2 rings (SSSR count). The van der Waals surface area contributed by atoms with Crippen molar-refractivity contribution in [2.75, 3.05) is 6.61 Å². The molecule has 0 radical (unpaired) electrons. The number of hydrogen-bond acceptors (Lipinski definition) is 1. The average molecular weight is 241 g/mol. The Balaban J connectivity index is 2.47. The van der Waals surface area contributed by atoms with E-state index in [0.29, 0.717) is 5.92 Å². The van der Waals surface area contributed by atoms with Gasteiger partial charge in [0.05, 0.1) is 0 Å². The van der Waals surface area contributed by atoms with E-state index in [1.165, 1.54) is 17.5 Å². The van der Waals surface area contributed by atoms with Crippen LogP contribution in [0.1, 0.15) is 29.9 Å². The lowest BCUT2D eigenvalue weighted by molar-refractivity contribution is 0.252. The zero-order valence-corrected chi connectivity index (χ0v) is 9.05. The molecule has 0 spiro atoms. The van der Waals surface area contributed by atoms with Gasteiger partial charge in [-0.25, -0.2) is 0 Å². The van der Waals surface area contributed by atoms with Crippen molar-refractivity contribution in [1.82, 2.24) is 0 Å². The van der Waals surface area contributed by atoms with Gasteiger partial charge in [0, 0.05) is 17.0 Å². The van der Waals surface area contributed by atoms with Gasteiger partial charge in [0.15, 0.2) is 0 Å². The molecule has 0 aromatic heterocycles. The molecule has 1 nitrogen and oxygen atoms in total. The highest BCUT2D eigenvalue weighted by molar-refractivity contribution is 9.10. The molecule has 1 atom stereocenters. The van der Waals surface area contributed by atoms with Crippen LogP contribution in [-0.4, -0.2) is 11.7 Å². The number of fused-ring (bicyclic) bond motifs is 1. The van der Waals surface area contributed by atoms with Crippen LogP contribution in [0, 0.1) is 0 Å². The highest BCUT2D eigenvalue weighted by atomic mass is 79.9. The third-order valence-electron chi connectivity index (χ3n) is 2.77. The zero-order chi connectivity index (χ0) is 9.26. The Morgan fingerprint density at radius 2 is 2.31 bits per heavy atom. The third kappa shape index (κ3) is 1.65. The van der Waals surface area contributed by atoms with Crippen LogP contribution in [0.4, 0.5) is 0 Å². The normalized spacial score (nSPS) is 21.2. The maximum atomic E-state index is 9.24. The first kappa shape index (κ1) is 9.22. The molecule has 1 N–H and O–H groups in total. The molecule has 1 aliphatic rings. The lowest BCUT2D eigenvalue weighted by atomic mass is 9.83. The summed E-state index contributed by atoms with van der Waals surface area (Å²) in [5, 5.41) is 9.24. The van der Waals surface area contributed by atoms with Crippen molar-refractivity contribution < 1.29 is 5.11 Å². The first-order chi connectivity index (χ1) is 6.33. The summed E-state index contributed by atoms with van der Waals surface area (Å²) in [7, 11) is 0. The van der Waals surface area contributed by atoms with E-state index in [-0.39, 0.29) is 6.61 Å². The van der Waals surface area contributed by atoms with Crippen molar-refractivity contribution in [2.45, 2.75) is 25.2 Å². The van der Waals surface area contributed by atoms with Gasteiger partial charge in [-0.1, -0.05) is 28.1 Å². The molecule has 1 aromatic rings. The highest BCUT2D eigenvalue weighted by Crippen LogP contribution is 2.35. The summed E-state index contributed by atoms with van der Waals surface area (Å²) in [5.74, 6) is 0.347. The molecule has 0 saturated carbocycles. The minimum Gasteiger partial charge on any atom is -0.396 e. The van der Waals surface area contributed by atoms with E-state index in [2.05, 4.69) is 34.1 Å². The monoisotopic (exact) mass is 240 g/mol. The number of aliphatic hydroxyl groups excluding tert-OH is 1. The van der Waals surface area contributed by atoms with E-state index >= 15 is 0 Å². The van der Waals surface area contributed by atoms with Gasteiger partial charge >= 0.3 is 0 Å². The Kier molecular flexibility index (Phi) is 2.70. The first-order valence-electron chi connectivity index (χ1n) is 4.71. The van der Waals surface area contributed by atoms with E-state index in [1.54, 1.807) is 0 Å². The van der Waals surface area contributed by atoms with Crippen LogP contribution >= 0.6 is 15.9 Å². The summed E-state index contributed by atoms with van der Waals surface area (Å²) in [6.45, 7) is 0.273. The smallest absolute Gasteiger partial charge is 0.0500 e. The second-order valence-corrected chi connectivity index (χ2v) is 4.44. The van der Waals surface area contributed by atoms with Gasteiger partial charge in [0.1, 0.15) is 0 Å². The van der Waals surface area contributed by atoms with Crippen molar-refractivity contribution in [3.05, 3.63) is 33.8 Å². The molecule has 0 fully saturated rings. The average Bonchev–Trinajstić information content (AvgIpc) is 2.17. The largest absolute Gasteiger partial charge is 0.396 e. The molecule has 2 heteroatoms. The summed E-state index contributed by atoms with van der Waals surface area (Å²) >= 11 is 3.55. The fourth-order valence-electron chi connectivity index (χ4n) is 2.12. The third-order valence-corrected chi connectivity index (χ3v) is 3.46. The van der Waals surface area contributed by atoms with E-state index in [9.17, 15) is 5.11 Å². The SMILES string of the molecule is OCC1CCCc2cccc(Br)c21. The van der Waals surface area contributed by atoms with E-state index in [1.807, 2.05) is 0 Å². The van der Waals surface area contributed by atoms with Crippen molar-refractivity contribution in [3.63, 3.8) is 0 Å². The van der Waals surface area contributed by atoms with Crippen LogP contribution in [0.5, 0.6) is 0 Å². The summed E-state index contributed by atoms with van der Waals surface area (Å²) in [5.41, 5.74) is 2.73. The minimum atomic E-state index is 0.273. The van der Waals surface area contributed by atoms with E-state index < -0.39 is 0 Å². The Morgan fingerprint density at radius 3 is 3.08 bits per heavy atom. The first-order valence-corrected chi connectivity index (χ1v) is 5.50. The van der Waals surface area contributed by atoms with Crippen LogP contribution in [0.3, 0.4) is 0 Å². The van der Waals surface area contributed by atoms with Gasteiger partial charge in [-0.15, -0.1) is 0 Å². The molecular weight excluding hydrogens is 228 g/mol. The second-order valence-electron chi connectivity index (χ2n) is 3.58. The van der Waals surface area contributed by atoms with Gasteiger partial charge < -0.3 is 5.11 Å². The maximum absolute atomic E-state index is 9.24. The Morgan fingerprint density at radius 1 is 1.46 bits per heavy atom. The second kappa shape index (κ2) is 3.81. The fourth-order valence-corrected chi connectivity index (χ4v) is 2.85. The predicted octanol–water partition coefficient (Wildman–Crippen LogP) is 2.86. The lowest BCUT2D eigenvalue weighted by Crippen LogP contribution is -2.13. The molecule has 70 valence electrons. The van der Waals surface area contributed by atoms with Crippen molar-refractivity contribution in [2.24, 2.45) is 0 Å². The number of aliphatic hydroxyl groups is 1. The minimum absolute atomic E-state index is 0.273. The molecule has 0 heterocycles. The topological polar surface area (TPSA) is 20.2 Å². The molecule has 0 bridgehead atoms. The Labute approximate surface area is 86.9 Å². The van der Waals surface area contributed by atoms with Crippen LogP contribution in [0.25, 0.3) is 0 Å². The van der Waals surface area contributed by atoms with Gasteiger partial charge in [-0.2, -0.15) is 0 Å². The summed E-state index contributed by atoms with van der Waals surface area (Å²) in [4.78, 5) is 0. The summed E-state index contributed by atoms with van der Waals surface area (Å²) < 4.78 is 1.16. The Bertz CT molecular complexity index is 309. The van der Waals surface area contributed by atoms with Crippen LogP contribution in [-0.2, 0) is 6.42 Å². The molecule has 13 heavy (non-hydrogen) atoms. The quantitative estimate of drug-likeness (QED) is 0.801. The maximum Gasteiger partial charge on any atom is 0.0500 e. The van der Waals surface area contributed by atoms with Crippen LogP contribution < -0.4 is 0 Å². The summed E-state index contributed by atoms with van der Waals surface area (Å²) in [6.07, 6.45) is 3.48. The van der Waals surface area contributed by atoms with E-state index in [0.717, 1.165) is 17.3 Å². The molecule has 0 aliphatic heterocycles. The molecular formula is C11H13BrO.